The molecule has 76 valence electrons. The van der Waals surface area contributed by atoms with Gasteiger partial charge in [-0.1, -0.05) is 18.2 Å². The Morgan fingerprint density at radius 3 is 2.36 bits per heavy atom. The summed E-state index contributed by atoms with van der Waals surface area (Å²) >= 11 is 0. The van der Waals surface area contributed by atoms with Gasteiger partial charge < -0.3 is 10.8 Å². The average Bonchev–Trinajstić information content (AvgIpc) is 2.20. The van der Waals surface area contributed by atoms with E-state index in [1.807, 2.05) is 18.2 Å². The Bertz CT molecular complexity index is 303. The molecule has 1 aliphatic rings. The number of aromatic hydroxyl groups is 1. The number of nitrogens with two attached hydrogens (primary N) is 1. The van der Waals surface area contributed by atoms with Crippen LogP contribution in [-0.2, 0) is 0 Å². The summed E-state index contributed by atoms with van der Waals surface area (Å²) in [6, 6.07) is 8.02. The van der Waals surface area contributed by atoms with E-state index in [1.54, 1.807) is 6.07 Å². The molecular formula is C12H17NO. The quantitative estimate of drug-likeness (QED) is 0.716. The van der Waals surface area contributed by atoms with E-state index in [-0.39, 0.29) is 0 Å². The summed E-state index contributed by atoms with van der Waals surface area (Å²) in [5, 5.41) is 9.70. The molecule has 0 atom stereocenters. The molecule has 0 spiro atoms. The predicted octanol–water partition coefficient (Wildman–Crippen LogP) is 2.38. The molecule has 1 aromatic carbocycles. The summed E-state index contributed by atoms with van der Waals surface area (Å²) in [4.78, 5) is 0. The Morgan fingerprint density at radius 1 is 1.07 bits per heavy atom. The molecular weight excluding hydrogens is 174 g/mol. The fourth-order valence-electron chi connectivity index (χ4n) is 2.26. The van der Waals surface area contributed by atoms with Crippen LogP contribution in [0.3, 0.4) is 0 Å². The smallest absolute Gasteiger partial charge is 0.119 e. The molecule has 2 heteroatoms. The van der Waals surface area contributed by atoms with Crippen LogP contribution in [0, 0.1) is 0 Å². The van der Waals surface area contributed by atoms with Crippen LogP contribution in [0.1, 0.15) is 37.2 Å². The summed E-state index contributed by atoms with van der Waals surface area (Å²) in [7, 11) is 0. The van der Waals surface area contributed by atoms with Crippen molar-refractivity contribution in [2.75, 3.05) is 0 Å². The van der Waals surface area contributed by atoms with Crippen molar-refractivity contribution in [1.29, 1.82) is 0 Å². The van der Waals surface area contributed by atoms with Gasteiger partial charge in [-0.15, -0.1) is 0 Å². The van der Waals surface area contributed by atoms with Gasteiger partial charge in [0.1, 0.15) is 5.75 Å². The van der Waals surface area contributed by atoms with Crippen LogP contribution in [0.25, 0.3) is 0 Å². The first kappa shape index (κ1) is 9.53. The molecule has 0 heterocycles. The molecule has 14 heavy (non-hydrogen) atoms. The maximum absolute atomic E-state index is 9.70. The van der Waals surface area contributed by atoms with Gasteiger partial charge in [-0.25, -0.2) is 0 Å². The van der Waals surface area contributed by atoms with Crippen molar-refractivity contribution in [2.24, 2.45) is 5.73 Å². The largest absolute Gasteiger partial charge is 0.508 e. The number of benzene rings is 1. The van der Waals surface area contributed by atoms with Gasteiger partial charge in [-0.05, 0) is 43.2 Å². The topological polar surface area (TPSA) is 46.2 Å². The monoisotopic (exact) mass is 191 g/mol. The lowest BCUT2D eigenvalue weighted by atomic mass is 9.82. The molecule has 1 aliphatic carbocycles. The third-order valence-electron chi connectivity index (χ3n) is 3.15. The van der Waals surface area contributed by atoms with E-state index >= 15 is 0 Å². The zero-order valence-electron chi connectivity index (χ0n) is 8.32. The fourth-order valence-corrected chi connectivity index (χ4v) is 2.26. The SMILES string of the molecule is NC1CCC(c2ccccc2O)CC1. The second kappa shape index (κ2) is 4.01. The molecule has 0 amide bonds. The molecule has 3 N–H and O–H groups in total. The Labute approximate surface area is 84.7 Å². The highest BCUT2D eigenvalue weighted by atomic mass is 16.3. The Morgan fingerprint density at radius 2 is 1.71 bits per heavy atom. The molecule has 0 saturated heterocycles. The summed E-state index contributed by atoms with van der Waals surface area (Å²) < 4.78 is 0. The van der Waals surface area contributed by atoms with Crippen LogP contribution < -0.4 is 5.73 Å². The fraction of sp³-hybridized carbons (Fsp3) is 0.500. The van der Waals surface area contributed by atoms with Crippen molar-refractivity contribution < 1.29 is 5.11 Å². The highest BCUT2D eigenvalue weighted by molar-refractivity contribution is 5.35. The Balaban J connectivity index is 2.12. The van der Waals surface area contributed by atoms with Crippen LogP contribution >= 0.6 is 0 Å². The maximum Gasteiger partial charge on any atom is 0.119 e. The van der Waals surface area contributed by atoms with Crippen LogP contribution in [0.4, 0.5) is 0 Å². The number of phenolic OH excluding ortho intramolecular Hbond substituents is 1. The molecule has 0 radical (unpaired) electrons. The second-order valence-corrected chi connectivity index (χ2v) is 4.17. The van der Waals surface area contributed by atoms with Gasteiger partial charge in [-0.3, -0.25) is 0 Å². The Kier molecular flexibility index (Phi) is 2.73. The lowest BCUT2D eigenvalue weighted by Gasteiger charge is -2.26. The predicted molar refractivity (Wildman–Crippen MR) is 57.3 cm³/mol. The highest BCUT2D eigenvalue weighted by Gasteiger charge is 2.21. The standard InChI is InChI=1S/C12H17NO/c13-10-7-5-9(6-8-10)11-3-1-2-4-12(11)14/h1-4,9-10,14H,5-8,13H2. The first-order valence-electron chi connectivity index (χ1n) is 5.31. The van der Waals surface area contributed by atoms with Gasteiger partial charge in [0.25, 0.3) is 0 Å². The minimum absolute atomic E-state index is 0.372. The van der Waals surface area contributed by atoms with Crippen molar-refractivity contribution >= 4 is 0 Å². The maximum atomic E-state index is 9.70. The summed E-state index contributed by atoms with van der Waals surface area (Å²) in [5.74, 6) is 0.948. The molecule has 0 bridgehead atoms. The van der Waals surface area contributed by atoms with E-state index in [0.29, 0.717) is 17.7 Å². The molecule has 2 rings (SSSR count). The zero-order valence-corrected chi connectivity index (χ0v) is 8.32. The van der Waals surface area contributed by atoms with Crippen molar-refractivity contribution in [3.05, 3.63) is 29.8 Å². The first-order chi connectivity index (χ1) is 6.77. The number of para-hydroxylation sites is 1. The molecule has 1 aromatic rings. The van der Waals surface area contributed by atoms with Crippen molar-refractivity contribution in [2.45, 2.75) is 37.6 Å². The number of phenols is 1. The zero-order chi connectivity index (χ0) is 9.97. The highest BCUT2D eigenvalue weighted by Crippen LogP contribution is 2.36. The Hall–Kier alpha value is -1.02. The third-order valence-corrected chi connectivity index (χ3v) is 3.15. The molecule has 1 saturated carbocycles. The summed E-state index contributed by atoms with van der Waals surface area (Å²) in [5.41, 5.74) is 6.95. The van der Waals surface area contributed by atoms with E-state index in [1.165, 1.54) is 0 Å². The second-order valence-electron chi connectivity index (χ2n) is 4.17. The number of hydrogen-bond acceptors (Lipinski definition) is 2. The lowest BCUT2D eigenvalue weighted by Crippen LogP contribution is -2.25. The van der Waals surface area contributed by atoms with Gasteiger partial charge in [0.15, 0.2) is 0 Å². The van der Waals surface area contributed by atoms with E-state index in [2.05, 4.69) is 0 Å². The molecule has 0 aromatic heterocycles. The van der Waals surface area contributed by atoms with Gasteiger partial charge in [0.2, 0.25) is 0 Å². The lowest BCUT2D eigenvalue weighted by molar-refractivity contribution is 0.381. The van der Waals surface area contributed by atoms with E-state index < -0.39 is 0 Å². The van der Waals surface area contributed by atoms with Gasteiger partial charge in [0.05, 0.1) is 0 Å². The minimum Gasteiger partial charge on any atom is -0.508 e. The number of rotatable bonds is 1. The van der Waals surface area contributed by atoms with Crippen LogP contribution in [0.2, 0.25) is 0 Å². The molecule has 2 nitrogen and oxygen atoms in total. The summed E-state index contributed by atoms with van der Waals surface area (Å²) in [6.07, 6.45) is 4.38. The van der Waals surface area contributed by atoms with Crippen LogP contribution in [0.15, 0.2) is 24.3 Å². The molecule has 1 fully saturated rings. The average molecular weight is 191 g/mol. The van der Waals surface area contributed by atoms with Crippen molar-refractivity contribution in [3.63, 3.8) is 0 Å². The number of hydrogen-bond donors (Lipinski definition) is 2. The van der Waals surface area contributed by atoms with E-state index in [9.17, 15) is 5.11 Å². The normalized spacial score (nSPS) is 27.5. The first-order valence-corrected chi connectivity index (χ1v) is 5.31. The molecule has 0 unspecified atom stereocenters. The van der Waals surface area contributed by atoms with E-state index in [4.69, 9.17) is 5.73 Å². The summed E-state index contributed by atoms with van der Waals surface area (Å²) in [6.45, 7) is 0. The van der Waals surface area contributed by atoms with Gasteiger partial charge in [0, 0.05) is 6.04 Å². The van der Waals surface area contributed by atoms with Crippen molar-refractivity contribution in [3.8, 4) is 5.75 Å². The third kappa shape index (κ3) is 1.90. The van der Waals surface area contributed by atoms with Crippen LogP contribution in [0.5, 0.6) is 5.75 Å². The minimum atomic E-state index is 0.372. The van der Waals surface area contributed by atoms with Gasteiger partial charge >= 0.3 is 0 Å². The van der Waals surface area contributed by atoms with Gasteiger partial charge in [-0.2, -0.15) is 0 Å². The van der Waals surface area contributed by atoms with Crippen molar-refractivity contribution in [1.82, 2.24) is 0 Å². The van der Waals surface area contributed by atoms with Crippen LogP contribution in [-0.4, -0.2) is 11.1 Å². The molecule has 0 aliphatic heterocycles. The van der Waals surface area contributed by atoms with E-state index in [0.717, 1.165) is 31.2 Å².